The first-order valence-corrected chi connectivity index (χ1v) is 7.20. The molecule has 0 saturated carbocycles. The number of sulfonamides is 1. The summed E-state index contributed by atoms with van der Waals surface area (Å²) in [4.78, 5) is 0.194. The summed E-state index contributed by atoms with van der Waals surface area (Å²) in [6, 6.07) is 17.7. The highest BCUT2D eigenvalue weighted by Gasteiger charge is 2.09. The Morgan fingerprint density at radius 3 is 2.05 bits per heavy atom. The number of hydrogen-bond donors (Lipinski definition) is 0. The van der Waals surface area contributed by atoms with Crippen molar-refractivity contribution in [1.29, 1.82) is 0 Å². The number of allylic oxidation sites excluding steroid dienone is 1. The lowest BCUT2D eigenvalue weighted by Gasteiger charge is -1.95. The lowest BCUT2D eigenvalue weighted by Crippen LogP contribution is -1.95. The fraction of sp³-hybridized carbons (Fsp3) is 0. The highest BCUT2D eigenvalue weighted by Crippen LogP contribution is 2.10. The standard InChI is InChI=1S/C15H13NO2S/c17-19(18,15-11-5-2-6-12-15)16-13-7-10-14-8-3-1-4-9-14/h1-13H/b10-7+,16-13?. The highest BCUT2D eigenvalue weighted by atomic mass is 32.2. The van der Waals surface area contributed by atoms with Crippen LogP contribution in [-0.4, -0.2) is 14.6 Å². The summed E-state index contributed by atoms with van der Waals surface area (Å²) in [7, 11) is -3.60. The van der Waals surface area contributed by atoms with E-state index < -0.39 is 10.0 Å². The molecule has 19 heavy (non-hydrogen) atoms. The molecular formula is C15H13NO2S. The Bertz CT molecular complexity index is 675. The van der Waals surface area contributed by atoms with Crippen LogP contribution in [-0.2, 0) is 10.0 Å². The quantitative estimate of drug-likeness (QED) is 0.802. The molecule has 0 spiro atoms. The average molecular weight is 271 g/mol. The molecule has 0 N–H and O–H groups in total. The van der Waals surface area contributed by atoms with Crippen molar-refractivity contribution in [3.05, 3.63) is 72.3 Å². The topological polar surface area (TPSA) is 46.5 Å². The van der Waals surface area contributed by atoms with Gasteiger partial charge in [-0.05, 0) is 23.8 Å². The monoisotopic (exact) mass is 271 g/mol. The zero-order valence-corrected chi connectivity index (χ0v) is 11.0. The van der Waals surface area contributed by atoms with Crippen molar-refractivity contribution in [1.82, 2.24) is 0 Å². The van der Waals surface area contributed by atoms with Crippen LogP contribution in [0.2, 0.25) is 0 Å². The summed E-state index contributed by atoms with van der Waals surface area (Å²) < 4.78 is 27.2. The van der Waals surface area contributed by atoms with Gasteiger partial charge in [0.25, 0.3) is 10.0 Å². The van der Waals surface area contributed by atoms with Crippen molar-refractivity contribution in [3.63, 3.8) is 0 Å². The molecule has 0 amide bonds. The van der Waals surface area contributed by atoms with Gasteiger partial charge in [-0.25, -0.2) is 0 Å². The fourth-order valence-electron chi connectivity index (χ4n) is 1.49. The maximum Gasteiger partial charge on any atom is 0.282 e. The normalized spacial score (nSPS) is 12.2. The molecule has 0 radical (unpaired) electrons. The van der Waals surface area contributed by atoms with Gasteiger partial charge in [0.2, 0.25) is 0 Å². The third-order valence-corrected chi connectivity index (χ3v) is 3.68. The maximum absolute atomic E-state index is 11.8. The fourth-order valence-corrected chi connectivity index (χ4v) is 2.34. The van der Waals surface area contributed by atoms with E-state index in [1.54, 1.807) is 30.4 Å². The lowest BCUT2D eigenvalue weighted by molar-refractivity contribution is 0.598. The predicted molar refractivity (Wildman–Crippen MR) is 77.6 cm³/mol. The molecule has 4 heteroatoms. The van der Waals surface area contributed by atoms with Crippen LogP contribution in [0, 0.1) is 0 Å². The predicted octanol–water partition coefficient (Wildman–Crippen LogP) is 3.16. The Morgan fingerprint density at radius 2 is 1.42 bits per heavy atom. The first-order valence-electron chi connectivity index (χ1n) is 5.75. The molecule has 2 aromatic rings. The molecular weight excluding hydrogens is 258 g/mol. The van der Waals surface area contributed by atoms with Gasteiger partial charge in [-0.1, -0.05) is 54.6 Å². The summed E-state index contributed by atoms with van der Waals surface area (Å²) in [6.07, 6.45) is 4.69. The van der Waals surface area contributed by atoms with Gasteiger partial charge < -0.3 is 0 Å². The second-order valence-corrected chi connectivity index (χ2v) is 5.44. The van der Waals surface area contributed by atoms with Gasteiger partial charge in [-0.3, -0.25) is 0 Å². The van der Waals surface area contributed by atoms with E-state index in [2.05, 4.69) is 4.40 Å². The van der Waals surface area contributed by atoms with Crippen molar-refractivity contribution >= 4 is 22.3 Å². The first kappa shape index (κ1) is 13.2. The highest BCUT2D eigenvalue weighted by molar-refractivity contribution is 7.90. The number of rotatable bonds is 4. The van der Waals surface area contributed by atoms with Gasteiger partial charge in [0.05, 0.1) is 4.90 Å². The molecule has 0 saturated heterocycles. The molecule has 3 nitrogen and oxygen atoms in total. The molecule has 96 valence electrons. The van der Waals surface area contributed by atoms with Gasteiger partial charge in [0.15, 0.2) is 0 Å². The van der Waals surface area contributed by atoms with E-state index in [-0.39, 0.29) is 4.90 Å². The van der Waals surface area contributed by atoms with Crippen molar-refractivity contribution in [2.45, 2.75) is 4.90 Å². The number of hydrogen-bond acceptors (Lipinski definition) is 2. The van der Waals surface area contributed by atoms with Crippen LogP contribution < -0.4 is 0 Å². The van der Waals surface area contributed by atoms with Crippen LogP contribution in [0.3, 0.4) is 0 Å². The van der Waals surface area contributed by atoms with Gasteiger partial charge in [0.1, 0.15) is 0 Å². The van der Waals surface area contributed by atoms with Crippen LogP contribution in [0.15, 0.2) is 76.0 Å². The van der Waals surface area contributed by atoms with Gasteiger partial charge in [-0.2, -0.15) is 12.8 Å². The van der Waals surface area contributed by atoms with E-state index in [4.69, 9.17) is 0 Å². The molecule has 2 rings (SSSR count). The van der Waals surface area contributed by atoms with Crippen LogP contribution in [0.4, 0.5) is 0 Å². The second-order valence-electron chi connectivity index (χ2n) is 3.81. The van der Waals surface area contributed by atoms with Crippen molar-refractivity contribution < 1.29 is 8.42 Å². The molecule has 0 unspecified atom stereocenters. The Labute approximate surface area is 113 Å². The summed E-state index contributed by atoms with van der Waals surface area (Å²) in [5.74, 6) is 0. The van der Waals surface area contributed by atoms with Crippen LogP contribution in [0.1, 0.15) is 5.56 Å². The number of nitrogens with zero attached hydrogens (tertiary/aromatic N) is 1. The van der Waals surface area contributed by atoms with Crippen molar-refractivity contribution in [2.75, 3.05) is 0 Å². The lowest BCUT2D eigenvalue weighted by atomic mass is 10.2. The van der Waals surface area contributed by atoms with E-state index in [9.17, 15) is 8.42 Å². The summed E-state index contributed by atoms with van der Waals surface area (Å²) in [5.41, 5.74) is 0.992. The minimum absolute atomic E-state index is 0.194. The SMILES string of the molecule is O=S(=O)(N=C/C=C/c1ccccc1)c1ccccc1. The molecule has 0 heterocycles. The van der Waals surface area contributed by atoms with E-state index >= 15 is 0 Å². The van der Waals surface area contributed by atoms with Crippen molar-refractivity contribution in [3.8, 4) is 0 Å². The van der Waals surface area contributed by atoms with E-state index in [0.717, 1.165) is 5.56 Å². The van der Waals surface area contributed by atoms with Crippen molar-refractivity contribution in [2.24, 2.45) is 4.40 Å². The van der Waals surface area contributed by atoms with Crippen LogP contribution in [0.25, 0.3) is 6.08 Å². The van der Waals surface area contributed by atoms with E-state index in [1.165, 1.54) is 18.3 Å². The van der Waals surface area contributed by atoms with E-state index in [1.807, 2.05) is 30.3 Å². The largest absolute Gasteiger partial charge is 0.282 e. The molecule has 0 atom stereocenters. The molecule has 0 aliphatic rings. The summed E-state index contributed by atoms with van der Waals surface area (Å²) in [5, 5.41) is 0. The Morgan fingerprint density at radius 1 is 0.842 bits per heavy atom. The second kappa shape index (κ2) is 6.11. The van der Waals surface area contributed by atoms with E-state index in [0.29, 0.717) is 0 Å². The van der Waals surface area contributed by atoms with Gasteiger partial charge in [0, 0.05) is 6.21 Å². The summed E-state index contributed by atoms with van der Waals surface area (Å²) >= 11 is 0. The molecule has 0 aliphatic carbocycles. The molecule has 0 aliphatic heterocycles. The number of benzene rings is 2. The van der Waals surface area contributed by atoms with Crippen LogP contribution in [0.5, 0.6) is 0 Å². The third-order valence-electron chi connectivity index (χ3n) is 2.42. The minimum atomic E-state index is -3.60. The molecule has 0 fully saturated rings. The zero-order valence-electron chi connectivity index (χ0n) is 10.2. The molecule has 0 bridgehead atoms. The Hall–Kier alpha value is -2.20. The zero-order chi connectivity index (χ0) is 13.6. The Balaban J connectivity index is 2.09. The molecule has 0 aromatic heterocycles. The minimum Gasteiger partial charge on any atom is -0.199 e. The average Bonchev–Trinajstić information content (AvgIpc) is 2.46. The van der Waals surface area contributed by atoms with Crippen LogP contribution >= 0.6 is 0 Å². The Kier molecular flexibility index (Phi) is 4.26. The molecule has 2 aromatic carbocycles. The third kappa shape index (κ3) is 3.89. The summed E-state index contributed by atoms with van der Waals surface area (Å²) in [6.45, 7) is 0. The maximum atomic E-state index is 11.8. The van der Waals surface area contributed by atoms with Gasteiger partial charge >= 0.3 is 0 Å². The first-order chi connectivity index (χ1) is 9.18. The van der Waals surface area contributed by atoms with Gasteiger partial charge in [-0.15, -0.1) is 0 Å². The smallest absolute Gasteiger partial charge is 0.199 e.